The number of nitrogens with zero attached hydrogens (tertiary/aromatic N) is 4. The first-order valence-corrected chi connectivity index (χ1v) is 14.6. The molecule has 3 fully saturated rings. The van der Waals surface area contributed by atoms with Crippen LogP contribution >= 0.6 is 11.3 Å². The molecule has 194 valence electrons. The number of hydrogen-bond acceptors (Lipinski definition) is 9. The lowest BCUT2D eigenvalue weighted by atomic mass is 9.90. The summed E-state index contributed by atoms with van der Waals surface area (Å²) in [6.45, 7) is 8.03. The van der Waals surface area contributed by atoms with Crippen LogP contribution in [-0.4, -0.2) is 77.8 Å². The van der Waals surface area contributed by atoms with Gasteiger partial charge in [0.1, 0.15) is 5.82 Å². The minimum absolute atomic E-state index is 0.434. The second-order valence-electron chi connectivity index (χ2n) is 10.5. The molecule has 2 saturated heterocycles. The van der Waals surface area contributed by atoms with Gasteiger partial charge in [-0.3, -0.25) is 9.80 Å². The van der Waals surface area contributed by atoms with Gasteiger partial charge in [0.05, 0.1) is 28.9 Å². The lowest BCUT2D eigenvalue weighted by Gasteiger charge is -2.38. The highest BCUT2D eigenvalue weighted by atomic mass is 32.1. The number of fused-ring (bicyclic) bond motifs is 1. The van der Waals surface area contributed by atoms with Gasteiger partial charge in [-0.25, -0.2) is 4.98 Å². The van der Waals surface area contributed by atoms with E-state index in [9.17, 15) is 0 Å². The molecule has 1 saturated carbocycles. The van der Waals surface area contributed by atoms with Crippen LogP contribution in [0, 0.1) is 0 Å². The first kappa shape index (κ1) is 24.2. The Morgan fingerprint density at radius 1 is 1.00 bits per heavy atom. The number of rotatable bonds is 7. The smallest absolute Gasteiger partial charge is 0.225 e. The second kappa shape index (κ2) is 11.5. The predicted molar refractivity (Wildman–Crippen MR) is 148 cm³/mol. The summed E-state index contributed by atoms with van der Waals surface area (Å²) < 4.78 is 5.55. The van der Waals surface area contributed by atoms with Crippen LogP contribution in [-0.2, 0) is 11.3 Å². The van der Waals surface area contributed by atoms with Crippen molar-refractivity contribution < 1.29 is 4.74 Å². The summed E-state index contributed by atoms with van der Waals surface area (Å²) in [5.41, 5.74) is 2.34. The van der Waals surface area contributed by atoms with Gasteiger partial charge in [0.2, 0.25) is 5.95 Å². The molecule has 0 spiro atoms. The van der Waals surface area contributed by atoms with Gasteiger partial charge in [0.25, 0.3) is 0 Å². The predicted octanol–water partition coefficient (Wildman–Crippen LogP) is 4.76. The summed E-state index contributed by atoms with van der Waals surface area (Å²) >= 11 is 1.75. The lowest BCUT2D eigenvalue weighted by Crippen LogP contribution is -2.46. The third-order valence-electron chi connectivity index (χ3n) is 7.90. The van der Waals surface area contributed by atoms with Crippen molar-refractivity contribution in [1.82, 2.24) is 19.8 Å². The van der Waals surface area contributed by atoms with Crippen molar-refractivity contribution in [2.45, 2.75) is 63.6 Å². The topological polar surface area (TPSA) is 77.6 Å². The molecule has 0 aromatic carbocycles. The van der Waals surface area contributed by atoms with E-state index in [1.54, 1.807) is 11.3 Å². The third-order valence-corrected chi connectivity index (χ3v) is 8.92. The molecule has 4 aliphatic rings. The van der Waals surface area contributed by atoms with Crippen molar-refractivity contribution in [2.24, 2.45) is 0 Å². The summed E-state index contributed by atoms with van der Waals surface area (Å²) in [6, 6.07) is 5.47. The van der Waals surface area contributed by atoms with Crippen LogP contribution < -0.4 is 16.0 Å². The zero-order valence-electron chi connectivity index (χ0n) is 21.2. The SMILES string of the molecule is C1=Cc2cc(Nc3cc(CN4CCCCC4)nc(NC4CCC(N5CCOCC5)CC4)n3)sc2NC1. The van der Waals surface area contributed by atoms with E-state index in [2.05, 4.69) is 50.0 Å². The minimum Gasteiger partial charge on any atom is -0.379 e. The highest BCUT2D eigenvalue weighted by Gasteiger charge is 2.27. The molecule has 9 heteroatoms. The quantitative estimate of drug-likeness (QED) is 0.493. The van der Waals surface area contributed by atoms with Gasteiger partial charge in [-0.2, -0.15) is 4.98 Å². The maximum Gasteiger partial charge on any atom is 0.225 e. The van der Waals surface area contributed by atoms with Crippen LogP contribution in [0.25, 0.3) is 6.08 Å². The van der Waals surface area contributed by atoms with Crippen LogP contribution in [0.4, 0.5) is 21.8 Å². The number of hydrogen-bond donors (Lipinski definition) is 3. The molecule has 0 atom stereocenters. The average molecular weight is 510 g/mol. The molecule has 36 heavy (non-hydrogen) atoms. The highest BCUT2D eigenvalue weighted by molar-refractivity contribution is 7.20. The highest BCUT2D eigenvalue weighted by Crippen LogP contribution is 2.36. The first-order valence-electron chi connectivity index (χ1n) is 13.8. The fourth-order valence-corrected chi connectivity index (χ4v) is 6.92. The van der Waals surface area contributed by atoms with E-state index in [1.165, 1.54) is 55.5 Å². The fraction of sp³-hybridized carbons (Fsp3) is 0.630. The van der Waals surface area contributed by atoms with Crippen molar-refractivity contribution in [2.75, 3.05) is 61.9 Å². The molecule has 2 aromatic rings. The Balaban J connectivity index is 1.15. The van der Waals surface area contributed by atoms with Crippen LogP contribution in [0.15, 0.2) is 18.2 Å². The van der Waals surface area contributed by atoms with Crippen LogP contribution in [0.1, 0.15) is 56.2 Å². The Morgan fingerprint density at radius 2 is 1.83 bits per heavy atom. The van der Waals surface area contributed by atoms with Crippen LogP contribution in [0.5, 0.6) is 0 Å². The number of nitrogens with one attached hydrogen (secondary N) is 3. The molecule has 0 amide bonds. The molecule has 0 radical (unpaired) electrons. The molecule has 0 unspecified atom stereocenters. The number of ether oxygens (including phenoxy) is 1. The van der Waals surface area contributed by atoms with Gasteiger partial charge in [0, 0.05) is 49.9 Å². The molecular formula is C27H39N7OS. The van der Waals surface area contributed by atoms with E-state index >= 15 is 0 Å². The number of piperidine rings is 1. The van der Waals surface area contributed by atoms with Crippen molar-refractivity contribution in [3.8, 4) is 0 Å². The van der Waals surface area contributed by atoms with E-state index in [1.807, 2.05) is 0 Å². The Bertz CT molecular complexity index is 1040. The number of likely N-dealkylation sites (tertiary alicyclic amines) is 1. The van der Waals surface area contributed by atoms with Crippen molar-refractivity contribution in [3.05, 3.63) is 29.5 Å². The van der Waals surface area contributed by atoms with E-state index < -0.39 is 0 Å². The fourth-order valence-electron chi connectivity index (χ4n) is 5.96. The average Bonchev–Trinajstić information content (AvgIpc) is 3.32. The van der Waals surface area contributed by atoms with E-state index in [-0.39, 0.29) is 0 Å². The summed E-state index contributed by atoms with van der Waals surface area (Å²) in [5, 5.41) is 13.1. The zero-order valence-corrected chi connectivity index (χ0v) is 22.0. The van der Waals surface area contributed by atoms with E-state index in [0.717, 1.165) is 74.9 Å². The second-order valence-corrected chi connectivity index (χ2v) is 11.6. The molecule has 3 N–H and O–H groups in total. The van der Waals surface area contributed by atoms with Gasteiger partial charge >= 0.3 is 0 Å². The van der Waals surface area contributed by atoms with Crippen molar-refractivity contribution in [3.63, 3.8) is 0 Å². The van der Waals surface area contributed by atoms with Crippen molar-refractivity contribution >= 4 is 39.2 Å². The van der Waals surface area contributed by atoms with Crippen molar-refractivity contribution in [1.29, 1.82) is 0 Å². The normalized spacial score (nSPS) is 25.2. The Labute approximate surface area is 218 Å². The van der Waals surface area contributed by atoms with Gasteiger partial charge in [0.15, 0.2) is 0 Å². The Kier molecular flexibility index (Phi) is 7.69. The molecule has 6 rings (SSSR count). The molecule has 2 aromatic heterocycles. The van der Waals surface area contributed by atoms with Gasteiger partial charge in [-0.15, -0.1) is 11.3 Å². The van der Waals surface area contributed by atoms with E-state index in [0.29, 0.717) is 12.1 Å². The lowest BCUT2D eigenvalue weighted by molar-refractivity contribution is 0.00790. The van der Waals surface area contributed by atoms with Gasteiger partial charge in [-0.1, -0.05) is 18.6 Å². The molecule has 5 heterocycles. The third kappa shape index (κ3) is 6.02. The van der Waals surface area contributed by atoms with Gasteiger partial charge < -0.3 is 20.7 Å². The van der Waals surface area contributed by atoms with Gasteiger partial charge in [-0.05, 0) is 57.7 Å². The zero-order chi connectivity index (χ0) is 24.2. The molecule has 8 nitrogen and oxygen atoms in total. The minimum atomic E-state index is 0.434. The molecule has 3 aliphatic heterocycles. The summed E-state index contributed by atoms with van der Waals surface area (Å²) in [6.07, 6.45) is 13.1. The molecule has 1 aliphatic carbocycles. The number of aromatic nitrogens is 2. The molecule has 0 bridgehead atoms. The van der Waals surface area contributed by atoms with Crippen LogP contribution in [0.2, 0.25) is 0 Å². The first-order chi connectivity index (χ1) is 17.8. The maximum atomic E-state index is 5.55. The Morgan fingerprint density at radius 3 is 2.64 bits per heavy atom. The summed E-state index contributed by atoms with van der Waals surface area (Å²) in [5.74, 6) is 1.64. The standard InChI is InChI=1S/C27H39N7OS/c1-2-11-33(12-3-1)19-22-18-24(31-25-17-20-5-4-10-28-26(20)36-25)32-27(30-22)29-21-6-8-23(9-7-21)34-13-15-35-16-14-34/h4-5,17-18,21,23,28H,1-3,6-16,19H2,(H2,29,30,31,32). The monoisotopic (exact) mass is 509 g/mol. The van der Waals surface area contributed by atoms with E-state index in [4.69, 9.17) is 14.7 Å². The number of anilines is 4. The summed E-state index contributed by atoms with van der Waals surface area (Å²) in [7, 11) is 0. The maximum absolute atomic E-state index is 5.55. The number of morpholine rings is 1. The summed E-state index contributed by atoms with van der Waals surface area (Å²) in [4.78, 5) is 15.1. The largest absolute Gasteiger partial charge is 0.379 e. The molecular weight excluding hydrogens is 470 g/mol. The van der Waals surface area contributed by atoms with Crippen LogP contribution in [0.3, 0.4) is 0 Å². The number of thiophene rings is 1. The Hall–Kier alpha value is -2.20.